The molecule has 0 atom stereocenters. The van der Waals surface area contributed by atoms with Crippen molar-refractivity contribution in [2.45, 2.75) is 27.7 Å². The summed E-state index contributed by atoms with van der Waals surface area (Å²) >= 11 is 0. The molecule has 2 aromatic heterocycles. The Labute approximate surface area is 280 Å². The molecule has 0 aliphatic heterocycles. The predicted molar refractivity (Wildman–Crippen MR) is 202 cm³/mol. The van der Waals surface area contributed by atoms with Crippen molar-refractivity contribution in [2.75, 3.05) is 0 Å². The Bertz CT molecular complexity index is 2680. The van der Waals surface area contributed by atoms with Crippen molar-refractivity contribution in [2.24, 2.45) is 0 Å². The Hall–Kier alpha value is -5.86. The third-order valence-electron chi connectivity index (χ3n) is 9.66. The molecule has 0 spiro atoms. The van der Waals surface area contributed by atoms with E-state index in [0.29, 0.717) is 0 Å². The first-order valence-electron chi connectivity index (χ1n) is 16.6. The van der Waals surface area contributed by atoms with Gasteiger partial charge in [-0.3, -0.25) is 0 Å². The van der Waals surface area contributed by atoms with Crippen molar-refractivity contribution >= 4 is 55.0 Å². The van der Waals surface area contributed by atoms with Crippen LogP contribution >= 0.6 is 0 Å². The van der Waals surface area contributed by atoms with E-state index < -0.39 is 0 Å². The number of fused-ring (bicyclic) bond motifs is 6. The minimum Gasteiger partial charge on any atom is -0.456 e. The van der Waals surface area contributed by atoms with Gasteiger partial charge in [0.1, 0.15) is 22.3 Å². The van der Waals surface area contributed by atoms with Crippen LogP contribution in [0.15, 0.2) is 166 Å². The average molecular weight is 621 g/mol. The summed E-state index contributed by atoms with van der Waals surface area (Å²) in [4.78, 5) is 0. The first-order valence-corrected chi connectivity index (χ1v) is 16.6. The molecule has 48 heavy (non-hydrogen) atoms. The highest BCUT2D eigenvalue weighted by molar-refractivity contribution is 6.17. The second-order valence-electron chi connectivity index (χ2n) is 12.4. The first-order chi connectivity index (χ1) is 23.6. The standard InChI is InChI=1S/C46H36O2/c1-5-29(3)44(33-25-23-32(24-26-33)31-15-8-7-9-16-31)35-18-10-11-19-36(35)45(30(4)6-2)37-20-14-22-41-46(37)39-27-38-34-17-12-13-21-40(34)47-42(38)28-43(39)48-41/h5-28H,1-4H3/b29-5+,30-6+,44-35+,45-36+. The van der Waals surface area contributed by atoms with Crippen LogP contribution in [0.1, 0.15) is 38.8 Å². The fourth-order valence-electron chi connectivity index (χ4n) is 7.09. The maximum absolute atomic E-state index is 6.54. The highest BCUT2D eigenvalue weighted by Crippen LogP contribution is 2.40. The molecule has 0 fully saturated rings. The molecule has 0 unspecified atom stereocenters. The summed E-state index contributed by atoms with van der Waals surface area (Å²) in [6, 6.07) is 47.3. The van der Waals surface area contributed by atoms with E-state index >= 15 is 0 Å². The van der Waals surface area contributed by atoms with Crippen molar-refractivity contribution in [3.63, 3.8) is 0 Å². The number of hydrogen-bond acceptors (Lipinski definition) is 2. The quantitative estimate of drug-likeness (QED) is 0.191. The molecule has 6 aromatic carbocycles. The molecule has 0 N–H and O–H groups in total. The highest BCUT2D eigenvalue weighted by atomic mass is 16.3. The zero-order chi connectivity index (χ0) is 32.8. The van der Waals surface area contributed by atoms with E-state index in [2.05, 4.69) is 155 Å². The molecule has 0 amide bonds. The molecule has 0 radical (unpaired) electrons. The fraction of sp³-hybridized carbons (Fsp3) is 0.0870. The van der Waals surface area contributed by atoms with Gasteiger partial charge >= 0.3 is 0 Å². The van der Waals surface area contributed by atoms with Gasteiger partial charge in [0.25, 0.3) is 0 Å². The second-order valence-corrected chi connectivity index (χ2v) is 12.4. The van der Waals surface area contributed by atoms with Crippen LogP contribution in [-0.4, -0.2) is 0 Å². The minimum atomic E-state index is 0.824. The normalized spacial score (nSPS) is 13.9. The van der Waals surface area contributed by atoms with Crippen LogP contribution in [0.4, 0.5) is 0 Å². The smallest absolute Gasteiger partial charge is 0.139 e. The van der Waals surface area contributed by atoms with Crippen LogP contribution in [0, 0.1) is 0 Å². The van der Waals surface area contributed by atoms with Crippen LogP contribution in [0.25, 0.3) is 66.2 Å². The van der Waals surface area contributed by atoms with E-state index in [-0.39, 0.29) is 0 Å². The maximum atomic E-state index is 6.54. The van der Waals surface area contributed by atoms with Gasteiger partial charge in [0, 0.05) is 27.6 Å². The predicted octanol–water partition coefficient (Wildman–Crippen LogP) is 11.5. The second kappa shape index (κ2) is 12.1. The number of benzene rings is 6. The van der Waals surface area contributed by atoms with Crippen LogP contribution < -0.4 is 10.4 Å². The Kier molecular flexibility index (Phi) is 7.42. The lowest BCUT2D eigenvalue weighted by molar-refractivity contribution is 0.656. The fourth-order valence-corrected chi connectivity index (χ4v) is 7.09. The van der Waals surface area contributed by atoms with E-state index in [1.54, 1.807) is 0 Å². The van der Waals surface area contributed by atoms with E-state index in [1.807, 2.05) is 18.2 Å². The molecule has 2 nitrogen and oxygen atoms in total. The largest absolute Gasteiger partial charge is 0.456 e. The molecule has 0 aliphatic rings. The molecule has 0 aliphatic carbocycles. The molecule has 2 heteroatoms. The van der Waals surface area contributed by atoms with Crippen LogP contribution in [0.3, 0.4) is 0 Å². The number of furan rings is 2. The van der Waals surface area contributed by atoms with Gasteiger partial charge in [0.05, 0.1) is 0 Å². The third-order valence-corrected chi connectivity index (χ3v) is 9.66. The molecule has 232 valence electrons. The van der Waals surface area contributed by atoms with E-state index in [9.17, 15) is 0 Å². The molecule has 8 rings (SSSR count). The Morgan fingerprint density at radius 3 is 1.79 bits per heavy atom. The van der Waals surface area contributed by atoms with Gasteiger partial charge in [-0.05, 0) is 101 Å². The summed E-state index contributed by atoms with van der Waals surface area (Å²) in [6.07, 6.45) is 4.43. The van der Waals surface area contributed by atoms with Crippen molar-refractivity contribution < 1.29 is 8.83 Å². The third kappa shape index (κ3) is 4.89. The van der Waals surface area contributed by atoms with Crippen molar-refractivity contribution in [1.82, 2.24) is 0 Å². The van der Waals surface area contributed by atoms with E-state index in [0.717, 1.165) is 49.4 Å². The van der Waals surface area contributed by atoms with E-state index in [4.69, 9.17) is 8.83 Å². The molecule has 0 saturated carbocycles. The number of allylic oxidation sites excluding steroid dienone is 4. The van der Waals surface area contributed by atoms with Crippen LogP contribution in [0.2, 0.25) is 0 Å². The monoisotopic (exact) mass is 620 g/mol. The number of hydrogen-bond donors (Lipinski definition) is 0. The lowest BCUT2D eigenvalue weighted by atomic mass is 9.89. The van der Waals surface area contributed by atoms with Gasteiger partial charge in [-0.25, -0.2) is 0 Å². The Balaban J connectivity index is 1.46. The van der Waals surface area contributed by atoms with Gasteiger partial charge in [-0.2, -0.15) is 0 Å². The zero-order valence-electron chi connectivity index (χ0n) is 27.7. The average Bonchev–Trinajstić information content (AvgIpc) is 3.69. The summed E-state index contributed by atoms with van der Waals surface area (Å²) in [7, 11) is 0. The molecule has 0 saturated heterocycles. The minimum absolute atomic E-state index is 0.824. The zero-order valence-corrected chi connectivity index (χ0v) is 27.7. The Morgan fingerprint density at radius 1 is 0.458 bits per heavy atom. The van der Waals surface area contributed by atoms with Crippen molar-refractivity contribution in [3.05, 3.63) is 178 Å². The summed E-state index contributed by atoms with van der Waals surface area (Å²) in [6.45, 7) is 8.67. The maximum Gasteiger partial charge on any atom is 0.139 e. The summed E-state index contributed by atoms with van der Waals surface area (Å²) in [5.41, 5.74) is 13.0. The van der Waals surface area contributed by atoms with Crippen molar-refractivity contribution in [1.29, 1.82) is 0 Å². The highest BCUT2D eigenvalue weighted by Gasteiger charge is 2.19. The Morgan fingerprint density at radius 2 is 1.04 bits per heavy atom. The SMILES string of the molecule is C/C=C(C)/C(c1ccc(-c2ccccc2)cc1)=c1/cccc/c1=C(/C(C)=C/C)c1cccc2oc3cc4oc5ccccc5c4cc3c12. The van der Waals surface area contributed by atoms with Crippen molar-refractivity contribution in [3.8, 4) is 11.1 Å². The van der Waals surface area contributed by atoms with Crippen LogP contribution in [0.5, 0.6) is 0 Å². The summed E-state index contributed by atoms with van der Waals surface area (Å²) in [5, 5.41) is 6.79. The van der Waals surface area contributed by atoms with Gasteiger partial charge < -0.3 is 8.83 Å². The van der Waals surface area contributed by atoms with Crippen LogP contribution in [-0.2, 0) is 0 Å². The van der Waals surface area contributed by atoms with Gasteiger partial charge in [-0.1, -0.05) is 121 Å². The van der Waals surface area contributed by atoms with E-state index in [1.165, 1.54) is 49.4 Å². The molecular weight excluding hydrogens is 585 g/mol. The molecule has 0 bridgehead atoms. The topological polar surface area (TPSA) is 26.3 Å². The molecule has 8 aromatic rings. The first kappa shape index (κ1) is 29.5. The number of rotatable bonds is 5. The van der Waals surface area contributed by atoms with Gasteiger partial charge in [-0.15, -0.1) is 0 Å². The lowest BCUT2D eigenvalue weighted by Crippen LogP contribution is -2.30. The lowest BCUT2D eigenvalue weighted by Gasteiger charge is -2.15. The summed E-state index contributed by atoms with van der Waals surface area (Å²) in [5.74, 6) is 0. The molecular formula is C46H36O2. The van der Waals surface area contributed by atoms with Gasteiger partial charge in [0.15, 0.2) is 0 Å². The summed E-state index contributed by atoms with van der Waals surface area (Å²) < 4.78 is 12.8. The van der Waals surface area contributed by atoms with Gasteiger partial charge in [0.2, 0.25) is 0 Å². The molecule has 2 heterocycles. The number of para-hydroxylation sites is 1.